The van der Waals surface area contributed by atoms with Crippen LogP contribution in [0, 0.1) is 5.82 Å². The third kappa shape index (κ3) is 2.73. The van der Waals surface area contributed by atoms with Crippen LogP contribution in [0.4, 0.5) is 4.39 Å². The van der Waals surface area contributed by atoms with E-state index in [-0.39, 0.29) is 5.82 Å². The van der Waals surface area contributed by atoms with E-state index in [0.29, 0.717) is 18.7 Å². The number of hydrogen-bond donors (Lipinski definition) is 2. The van der Waals surface area contributed by atoms with E-state index in [1.165, 1.54) is 18.3 Å². The van der Waals surface area contributed by atoms with E-state index in [0.717, 1.165) is 19.4 Å². The lowest BCUT2D eigenvalue weighted by atomic mass is 9.89. The summed E-state index contributed by atoms with van der Waals surface area (Å²) in [7, 11) is 0. The number of aliphatic hydroxyl groups is 1. The van der Waals surface area contributed by atoms with Crippen LogP contribution in [0.3, 0.4) is 0 Å². The highest BCUT2D eigenvalue weighted by Crippen LogP contribution is 2.20. The molecule has 1 saturated heterocycles. The third-order valence-corrected chi connectivity index (χ3v) is 2.74. The van der Waals surface area contributed by atoms with Crippen LogP contribution in [0.15, 0.2) is 18.3 Å². The van der Waals surface area contributed by atoms with Gasteiger partial charge in [0.05, 0.1) is 5.60 Å². The zero-order chi connectivity index (χ0) is 10.7. The molecule has 0 bridgehead atoms. The van der Waals surface area contributed by atoms with Crippen LogP contribution in [-0.4, -0.2) is 28.8 Å². The minimum Gasteiger partial charge on any atom is -0.388 e. The smallest absolute Gasteiger partial charge is 0.126 e. The Hall–Kier alpha value is -1.00. The van der Waals surface area contributed by atoms with E-state index in [1.54, 1.807) is 0 Å². The predicted octanol–water partition coefficient (Wildman–Crippen LogP) is 0.878. The van der Waals surface area contributed by atoms with E-state index >= 15 is 0 Å². The molecule has 82 valence electrons. The number of β-amino-alcohol motifs (C(OH)–C–C–N with tert-alkyl or cyclic N) is 1. The first-order chi connectivity index (χ1) is 7.18. The fourth-order valence-corrected chi connectivity index (χ4v) is 1.99. The highest BCUT2D eigenvalue weighted by atomic mass is 19.1. The molecule has 0 aromatic carbocycles. The lowest BCUT2D eigenvalue weighted by Crippen LogP contribution is -2.47. The molecule has 0 spiro atoms. The summed E-state index contributed by atoms with van der Waals surface area (Å²) in [5, 5.41) is 13.3. The summed E-state index contributed by atoms with van der Waals surface area (Å²) in [6.07, 6.45) is 3.55. The largest absolute Gasteiger partial charge is 0.388 e. The van der Waals surface area contributed by atoms with Crippen LogP contribution in [0.25, 0.3) is 0 Å². The monoisotopic (exact) mass is 210 g/mol. The molecule has 1 aromatic rings. The quantitative estimate of drug-likeness (QED) is 0.761. The number of rotatable bonds is 2. The van der Waals surface area contributed by atoms with E-state index < -0.39 is 5.60 Å². The molecule has 0 amide bonds. The SMILES string of the molecule is OC1(Cc2cc(F)ccn2)CCCNC1. The van der Waals surface area contributed by atoms with Crippen molar-refractivity contribution in [2.75, 3.05) is 13.1 Å². The van der Waals surface area contributed by atoms with Gasteiger partial charge in [0.2, 0.25) is 0 Å². The van der Waals surface area contributed by atoms with Gasteiger partial charge in [0.25, 0.3) is 0 Å². The molecular weight excluding hydrogens is 195 g/mol. The van der Waals surface area contributed by atoms with Crippen LogP contribution in [0.1, 0.15) is 18.5 Å². The van der Waals surface area contributed by atoms with Crippen molar-refractivity contribution in [3.8, 4) is 0 Å². The molecule has 1 aliphatic heterocycles. The van der Waals surface area contributed by atoms with Crippen molar-refractivity contribution < 1.29 is 9.50 Å². The molecule has 2 N–H and O–H groups in total. The summed E-state index contributed by atoms with van der Waals surface area (Å²) in [6, 6.07) is 2.69. The lowest BCUT2D eigenvalue weighted by molar-refractivity contribution is 0.0160. The Kier molecular flexibility index (Phi) is 2.98. The minimum absolute atomic E-state index is 0.299. The molecule has 0 radical (unpaired) electrons. The van der Waals surface area contributed by atoms with Crippen molar-refractivity contribution in [3.05, 3.63) is 29.8 Å². The van der Waals surface area contributed by atoms with Gasteiger partial charge in [-0.15, -0.1) is 0 Å². The average Bonchev–Trinajstić information content (AvgIpc) is 2.18. The van der Waals surface area contributed by atoms with Gasteiger partial charge in [0, 0.05) is 24.9 Å². The molecule has 4 heteroatoms. The number of nitrogens with zero attached hydrogens (tertiary/aromatic N) is 1. The molecule has 1 unspecified atom stereocenters. The van der Waals surface area contributed by atoms with Crippen LogP contribution in [0.5, 0.6) is 0 Å². The molecule has 1 aliphatic rings. The maximum absolute atomic E-state index is 12.9. The topological polar surface area (TPSA) is 45.2 Å². The van der Waals surface area contributed by atoms with Gasteiger partial charge in [-0.3, -0.25) is 4.98 Å². The van der Waals surface area contributed by atoms with Crippen molar-refractivity contribution in [1.29, 1.82) is 0 Å². The number of pyridine rings is 1. The van der Waals surface area contributed by atoms with E-state index in [4.69, 9.17) is 0 Å². The fraction of sp³-hybridized carbons (Fsp3) is 0.545. The van der Waals surface area contributed by atoms with E-state index in [2.05, 4.69) is 10.3 Å². The fourth-order valence-electron chi connectivity index (χ4n) is 1.99. The molecule has 15 heavy (non-hydrogen) atoms. The molecule has 1 fully saturated rings. The number of aromatic nitrogens is 1. The Labute approximate surface area is 88.3 Å². The third-order valence-electron chi connectivity index (χ3n) is 2.74. The van der Waals surface area contributed by atoms with E-state index in [1.807, 2.05) is 0 Å². The van der Waals surface area contributed by atoms with Gasteiger partial charge in [-0.05, 0) is 31.5 Å². The average molecular weight is 210 g/mol. The second-order valence-corrected chi connectivity index (χ2v) is 4.15. The Balaban J connectivity index is 2.06. The normalized spacial score (nSPS) is 26.5. The van der Waals surface area contributed by atoms with Gasteiger partial charge >= 0.3 is 0 Å². The molecule has 2 heterocycles. The highest BCUT2D eigenvalue weighted by molar-refractivity contribution is 5.09. The standard InChI is InChI=1S/C11H15FN2O/c12-9-2-5-14-10(6-9)7-11(15)3-1-4-13-8-11/h2,5-6,13,15H,1,3-4,7-8H2. The van der Waals surface area contributed by atoms with Crippen LogP contribution in [-0.2, 0) is 6.42 Å². The highest BCUT2D eigenvalue weighted by Gasteiger charge is 2.29. The van der Waals surface area contributed by atoms with Crippen molar-refractivity contribution in [1.82, 2.24) is 10.3 Å². The predicted molar refractivity (Wildman–Crippen MR) is 55.0 cm³/mol. The van der Waals surface area contributed by atoms with Gasteiger partial charge in [0.1, 0.15) is 5.82 Å². The number of piperidine rings is 1. The van der Waals surface area contributed by atoms with Gasteiger partial charge in [-0.1, -0.05) is 0 Å². The maximum atomic E-state index is 12.9. The summed E-state index contributed by atoms with van der Waals surface area (Å²) >= 11 is 0. The Morgan fingerprint density at radius 3 is 3.13 bits per heavy atom. The second-order valence-electron chi connectivity index (χ2n) is 4.15. The van der Waals surface area contributed by atoms with Gasteiger partial charge in [-0.25, -0.2) is 4.39 Å². The first-order valence-electron chi connectivity index (χ1n) is 5.22. The van der Waals surface area contributed by atoms with Crippen molar-refractivity contribution >= 4 is 0 Å². The molecule has 2 rings (SSSR count). The van der Waals surface area contributed by atoms with Crippen LogP contribution >= 0.6 is 0 Å². The van der Waals surface area contributed by atoms with E-state index in [9.17, 15) is 9.50 Å². The number of halogens is 1. The Morgan fingerprint density at radius 1 is 1.60 bits per heavy atom. The maximum Gasteiger partial charge on any atom is 0.126 e. The molecule has 3 nitrogen and oxygen atoms in total. The summed E-state index contributed by atoms with van der Waals surface area (Å²) in [4.78, 5) is 4.05. The van der Waals surface area contributed by atoms with Gasteiger partial charge in [-0.2, -0.15) is 0 Å². The summed E-state index contributed by atoms with van der Waals surface area (Å²) in [5.41, 5.74) is -0.153. The van der Waals surface area contributed by atoms with Crippen molar-refractivity contribution in [3.63, 3.8) is 0 Å². The molecular formula is C11H15FN2O. The van der Waals surface area contributed by atoms with Crippen molar-refractivity contribution in [2.24, 2.45) is 0 Å². The second kappa shape index (κ2) is 4.24. The Bertz CT molecular complexity index is 337. The van der Waals surface area contributed by atoms with Crippen LogP contribution < -0.4 is 5.32 Å². The first kappa shape index (κ1) is 10.5. The van der Waals surface area contributed by atoms with Gasteiger partial charge < -0.3 is 10.4 Å². The number of hydrogen-bond acceptors (Lipinski definition) is 3. The lowest BCUT2D eigenvalue weighted by Gasteiger charge is -2.32. The molecule has 0 saturated carbocycles. The molecule has 1 atom stereocenters. The Morgan fingerprint density at radius 2 is 2.47 bits per heavy atom. The summed E-state index contributed by atoms with van der Waals surface area (Å²) in [5.74, 6) is -0.299. The van der Waals surface area contributed by atoms with Gasteiger partial charge in [0.15, 0.2) is 0 Å². The van der Waals surface area contributed by atoms with Crippen LogP contribution in [0.2, 0.25) is 0 Å². The first-order valence-corrected chi connectivity index (χ1v) is 5.22. The summed E-state index contributed by atoms with van der Waals surface area (Å²) in [6.45, 7) is 1.50. The zero-order valence-corrected chi connectivity index (χ0v) is 8.54. The number of nitrogens with one attached hydrogen (secondary N) is 1. The molecule has 0 aliphatic carbocycles. The zero-order valence-electron chi connectivity index (χ0n) is 8.54. The van der Waals surface area contributed by atoms with Crippen molar-refractivity contribution in [2.45, 2.75) is 24.9 Å². The summed E-state index contributed by atoms with van der Waals surface area (Å²) < 4.78 is 12.9. The minimum atomic E-state index is -0.765. The molecule has 1 aromatic heterocycles.